The summed E-state index contributed by atoms with van der Waals surface area (Å²) in [6, 6.07) is 4.37. The Balaban J connectivity index is 2.39. The number of nitrogen functional groups attached to an aromatic ring is 1. The number of anilines is 1. The van der Waals surface area contributed by atoms with E-state index in [9.17, 15) is 9.90 Å². The van der Waals surface area contributed by atoms with Crippen LogP contribution in [0.4, 0.5) is 5.69 Å². The highest BCUT2D eigenvalue weighted by Crippen LogP contribution is 2.20. The number of ether oxygens (including phenoxy) is 1. The lowest BCUT2D eigenvalue weighted by Gasteiger charge is -2.17. The van der Waals surface area contributed by atoms with Gasteiger partial charge in [0.1, 0.15) is 11.3 Å². The average molecular weight is 266 g/mol. The third-order valence-electron chi connectivity index (χ3n) is 2.99. The van der Waals surface area contributed by atoms with Gasteiger partial charge in [-0.05, 0) is 31.6 Å². The van der Waals surface area contributed by atoms with E-state index in [-0.39, 0.29) is 11.3 Å². The lowest BCUT2D eigenvalue weighted by atomic mass is 10.2. The molecule has 0 heterocycles. The predicted octanol–water partition coefficient (Wildman–Crippen LogP) is 1.86. The first kappa shape index (κ1) is 15.3. The summed E-state index contributed by atoms with van der Waals surface area (Å²) in [7, 11) is 0. The van der Waals surface area contributed by atoms with Gasteiger partial charge in [-0.15, -0.1) is 0 Å². The molecular weight excluding hydrogens is 244 g/mol. The van der Waals surface area contributed by atoms with Crippen molar-refractivity contribution in [3.8, 4) is 5.75 Å². The Labute approximate surface area is 114 Å². The molecule has 0 radical (unpaired) electrons. The number of esters is 1. The third kappa shape index (κ3) is 4.79. The Morgan fingerprint density at radius 1 is 1.37 bits per heavy atom. The highest BCUT2D eigenvalue weighted by molar-refractivity contribution is 5.92. The third-order valence-corrected chi connectivity index (χ3v) is 2.99. The highest BCUT2D eigenvalue weighted by atomic mass is 16.5. The molecule has 0 fully saturated rings. The minimum absolute atomic E-state index is 0.145. The van der Waals surface area contributed by atoms with Crippen LogP contribution in [0.3, 0.4) is 0 Å². The highest BCUT2D eigenvalue weighted by Gasteiger charge is 2.12. The van der Waals surface area contributed by atoms with Gasteiger partial charge in [0.2, 0.25) is 0 Å². The second-order valence-electron chi connectivity index (χ2n) is 4.29. The quantitative estimate of drug-likeness (QED) is 0.447. The van der Waals surface area contributed by atoms with Crippen molar-refractivity contribution < 1.29 is 14.6 Å². The lowest BCUT2D eigenvalue weighted by molar-refractivity contribution is 0.0486. The van der Waals surface area contributed by atoms with Crippen molar-refractivity contribution in [2.75, 3.05) is 32.0 Å². The van der Waals surface area contributed by atoms with Crippen molar-refractivity contribution in [1.29, 1.82) is 0 Å². The second-order valence-corrected chi connectivity index (χ2v) is 4.29. The van der Waals surface area contributed by atoms with E-state index in [1.807, 2.05) is 0 Å². The number of nitrogens with zero attached hydrogens (tertiary/aromatic N) is 1. The summed E-state index contributed by atoms with van der Waals surface area (Å²) in [5.74, 6) is -0.661. The number of carbonyl (C=O) groups is 1. The van der Waals surface area contributed by atoms with Crippen LogP contribution in [0.2, 0.25) is 0 Å². The zero-order valence-corrected chi connectivity index (χ0v) is 11.6. The molecule has 0 aliphatic rings. The number of benzene rings is 1. The number of phenols is 1. The predicted molar refractivity (Wildman–Crippen MR) is 75.2 cm³/mol. The number of phenolic OH excluding ortho intramolecular Hbond substituents is 1. The second kappa shape index (κ2) is 7.63. The first-order valence-corrected chi connectivity index (χ1v) is 6.56. The summed E-state index contributed by atoms with van der Waals surface area (Å²) < 4.78 is 5.12. The van der Waals surface area contributed by atoms with Gasteiger partial charge in [0.25, 0.3) is 0 Å². The summed E-state index contributed by atoms with van der Waals surface area (Å²) in [4.78, 5) is 14.0. The van der Waals surface area contributed by atoms with E-state index in [1.54, 1.807) is 6.07 Å². The molecule has 3 N–H and O–H groups in total. The van der Waals surface area contributed by atoms with Gasteiger partial charge in [0.15, 0.2) is 0 Å². The first-order valence-electron chi connectivity index (χ1n) is 6.56. The lowest BCUT2D eigenvalue weighted by Crippen LogP contribution is -2.25. The molecule has 0 spiro atoms. The van der Waals surface area contributed by atoms with Crippen LogP contribution in [0.1, 0.15) is 30.6 Å². The molecule has 0 atom stereocenters. The van der Waals surface area contributed by atoms with Crippen LogP contribution >= 0.6 is 0 Å². The standard InChI is InChI=1S/C14H22N2O3/c1-3-16(4-2)8-5-9-19-14(18)12-7-6-11(15)10-13(12)17/h6-7,10,17H,3-5,8-9,15H2,1-2H3. The summed E-state index contributed by atoms with van der Waals surface area (Å²) in [5, 5.41) is 9.59. The van der Waals surface area contributed by atoms with Gasteiger partial charge in [0.05, 0.1) is 6.61 Å². The Hall–Kier alpha value is -1.75. The Morgan fingerprint density at radius 2 is 2.05 bits per heavy atom. The van der Waals surface area contributed by atoms with Crippen LogP contribution in [0.25, 0.3) is 0 Å². The fraction of sp³-hybridized carbons (Fsp3) is 0.500. The fourth-order valence-corrected chi connectivity index (χ4v) is 1.79. The van der Waals surface area contributed by atoms with Crippen molar-refractivity contribution in [3.05, 3.63) is 23.8 Å². The average Bonchev–Trinajstić information content (AvgIpc) is 2.38. The summed E-state index contributed by atoms with van der Waals surface area (Å²) >= 11 is 0. The minimum Gasteiger partial charge on any atom is -0.507 e. The van der Waals surface area contributed by atoms with Gasteiger partial charge in [0, 0.05) is 18.3 Å². The molecule has 0 unspecified atom stereocenters. The van der Waals surface area contributed by atoms with Crippen LogP contribution in [0, 0.1) is 0 Å². The van der Waals surface area contributed by atoms with E-state index in [0.717, 1.165) is 26.1 Å². The van der Waals surface area contributed by atoms with Crippen molar-refractivity contribution in [2.24, 2.45) is 0 Å². The molecule has 0 bridgehead atoms. The molecule has 106 valence electrons. The molecule has 0 saturated carbocycles. The molecule has 0 amide bonds. The van der Waals surface area contributed by atoms with E-state index in [2.05, 4.69) is 18.7 Å². The molecule has 1 aromatic carbocycles. The molecule has 19 heavy (non-hydrogen) atoms. The molecule has 0 aromatic heterocycles. The Kier molecular flexibility index (Phi) is 6.15. The maximum Gasteiger partial charge on any atom is 0.341 e. The van der Waals surface area contributed by atoms with Crippen LogP contribution in [-0.2, 0) is 4.74 Å². The summed E-state index contributed by atoms with van der Waals surface area (Å²) in [6.07, 6.45) is 0.781. The smallest absolute Gasteiger partial charge is 0.341 e. The molecule has 5 nitrogen and oxygen atoms in total. The minimum atomic E-state index is -0.517. The van der Waals surface area contributed by atoms with Crippen molar-refractivity contribution >= 4 is 11.7 Å². The molecule has 1 aromatic rings. The number of rotatable bonds is 7. The SMILES string of the molecule is CCN(CC)CCCOC(=O)c1ccc(N)cc1O. The maximum atomic E-state index is 11.7. The van der Waals surface area contributed by atoms with Gasteiger partial charge in [-0.1, -0.05) is 13.8 Å². The Bertz CT molecular complexity index is 417. The van der Waals surface area contributed by atoms with Crippen molar-refractivity contribution in [3.63, 3.8) is 0 Å². The normalized spacial score (nSPS) is 10.7. The van der Waals surface area contributed by atoms with E-state index in [0.29, 0.717) is 12.3 Å². The van der Waals surface area contributed by atoms with Gasteiger partial charge >= 0.3 is 5.97 Å². The van der Waals surface area contributed by atoms with Crippen LogP contribution in [0.5, 0.6) is 5.75 Å². The zero-order valence-electron chi connectivity index (χ0n) is 11.6. The van der Waals surface area contributed by atoms with Crippen LogP contribution < -0.4 is 5.73 Å². The number of hydrogen-bond donors (Lipinski definition) is 2. The van der Waals surface area contributed by atoms with E-state index in [4.69, 9.17) is 10.5 Å². The summed E-state index contributed by atoms with van der Waals surface area (Å²) in [5.41, 5.74) is 6.06. The molecular formula is C14H22N2O3. The largest absolute Gasteiger partial charge is 0.507 e. The van der Waals surface area contributed by atoms with E-state index >= 15 is 0 Å². The number of nitrogens with two attached hydrogens (primary N) is 1. The number of aromatic hydroxyl groups is 1. The van der Waals surface area contributed by atoms with Gasteiger partial charge in [-0.2, -0.15) is 0 Å². The van der Waals surface area contributed by atoms with Gasteiger partial charge in [-0.3, -0.25) is 0 Å². The Morgan fingerprint density at radius 3 is 2.63 bits per heavy atom. The molecule has 0 saturated heterocycles. The first-order chi connectivity index (χ1) is 9.08. The van der Waals surface area contributed by atoms with Crippen molar-refractivity contribution in [2.45, 2.75) is 20.3 Å². The summed E-state index contributed by atoms with van der Waals surface area (Å²) in [6.45, 7) is 7.42. The zero-order chi connectivity index (χ0) is 14.3. The van der Waals surface area contributed by atoms with Gasteiger partial charge in [-0.25, -0.2) is 4.79 Å². The molecule has 0 aliphatic carbocycles. The number of carbonyl (C=O) groups excluding carboxylic acids is 1. The topological polar surface area (TPSA) is 75.8 Å². The van der Waals surface area contributed by atoms with Crippen LogP contribution in [-0.4, -0.2) is 42.2 Å². The fourth-order valence-electron chi connectivity index (χ4n) is 1.79. The van der Waals surface area contributed by atoms with Crippen LogP contribution in [0.15, 0.2) is 18.2 Å². The van der Waals surface area contributed by atoms with E-state index in [1.165, 1.54) is 12.1 Å². The molecule has 1 rings (SSSR count). The monoisotopic (exact) mass is 266 g/mol. The van der Waals surface area contributed by atoms with E-state index < -0.39 is 5.97 Å². The van der Waals surface area contributed by atoms with Gasteiger partial charge < -0.3 is 20.5 Å². The molecule has 0 aliphatic heterocycles. The van der Waals surface area contributed by atoms with Crippen molar-refractivity contribution in [1.82, 2.24) is 4.90 Å². The maximum absolute atomic E-state index is 11.7. The number of hydrogen-bond acceptors (Lipinski definition) is 5. The molecule has 5 heteroatoms.